The maximum atomic E-state index is 12.6. The summed E-state index contributed by atoms with van der Waals surface area (Å²) < 4.78 is 6.30. The van der Waals surface area contributed by atoms with E-state index in [4.69, 9.17) is 15.9 Å². The van der Waals surface area contributed by atoms with Gasteiger partial charge in [-0.3, -0.25) is 29.4 Å². The fourth-order valence-electron chi connectivity index (χ4n) is 6.25. The number of aromatic hydroxyl groups is 1. The van der Waals surface area contributed by atoms with Gasteiger partial charge in [-0.15, -0.1) is 0 Å². The lowest BCUT2D eigenvalue weighted by Gasteiger charge is -2.33. The normalized spacial score (nSPS) is 22.6. The molecule has 12 nitrogen and oxygen atoms in total. The van der Waals surface area contributed by atoms with Gasteiger partial charge in [0.25, 0.3) is 11.5 Å². The molecular weight excluding hydrogens is 504 g/mol. The number of amidine groups is 1. The number of carbonyl (C=O) groups is 2. The Hall–Kier alpha value is -3.15. The molecule has 1 aromatic rings. The highest BCUT2D eigenvalue weighted by Crippen LogP contribution is 2.32. The van der Waals surface area contributed by atoms with E-state index < -0.39 is 23.0 Å². The number of aromatic nitrogens is 2. The molecule has 0 radical (unpaired) electrons. The standard InChI is InChI=1S/C16H26N2O3.C11H16N4O3/c1-2-17-15(19)14(8-12-6-4-3-5-7-12)18(16(17)20)9-13-10-21-11-13;12-8(13)7-9(16)14-11(18)15(10(7)17)5-6-3-1-2-4-6/h12-14H,2-11H2,1H3;6,17H,1-5H2,(H3,12,13)(H,14,16,18). The second kappa shape index (κ2) is 12.8. The van der Waals surface area contributed by atoms with Crippen LogP contribution in [0, 0.1) is 23.2 Å². The van der Waals surface area contributed by atoms with Crippen LogP contribution in [0.2, 0.25) is 0 Å². The van der Waals surface area contributed by atoms with Gasteiger partial charge in [0.1, 0.15) is 17.4 Å². The van der Waals surface area contributed by atoms with Crippen LogP contribution >= 0.6 is 0 Å². The van der Waals surface area contributed by atoms with Crippen molar-refractivity contribution in [3.05, 3.63) is 26.4 Å². The topological polar surface area (TPSA) is 175 Å². The third kappa shape index (κ3) is 6.54. The molecule has 1 aromatic heterocycles. The molecule has 0 spiro atoms. The van der Waals surface area contributed by atoms with Crippen molar-refractivity contribution in [2.45, 2.75) is 83.7 Å². The first kappa shape index (κ1) is 28.8. The lowest BCUT2D eigenvalue weighted by atomic mass is 9.84. The molecule has 2 saturated heterocycles. The van der Waals surface area contributed by atoms with Gasteiger partial charge in [0.2, 0.25) is 5.88 Å². The summed E-state index contributed by atoms with van der Waals surface area (Å²) in [6, 6.07) is -0.309. The Kier molecular flexibility index (Phi) is 9.47. The molecular formula is C27H42N6O6. The van der Waals surface area contributed by atoms with Crippen LogP contribution in [0.1, 0.15) is 76.7 Å². The molecule has 1 unspecified atom stereocenters. The van der Waals surface area contributed by atoms with Crippen LogP contribution in [0.15, 0.2) is 9.59 Å². The van der Waals surface area contributed by atoms with Gasteiger partial charge in [0.05, 0.1) is 13.2 Å². The molecule has 39 heavy (non-hydrogen) atoms. The maximum Gasteiger partial charge on any atom is 0.331 e. The molecule has 0 bridgehead atoms. The molecule has 12 heteroatoms. The van der Waals surface area contributed by atoms with Crippen molar-refractivity contribution in [3.8, 4) is 5.88 Å². The summed E-state index contributed by atoms with van der Waals surface area (Å²) in [6.45, 7) is 4.83. The number of ether oxygens (including phenoxy) is 1. The van der Waals surface area contributed by atoms with E-state index in [-0.39, 0.29) is 23.5 Å². The van der Waals surface area contributed by atoms with Crippen molar-refractivity contribution in [1.29, 1.82) is 5.41 Å². The van der Waals surface area contributed by atoms with E-state index >= 15 is 0 Å². The number of nitrogens with two attached hydrogens (primary N) is 1. The predicted molar refractivity (Wildman–Crippen MR) is 145 cm³/mol. The molecule has 5 N–H and O–H groups in total. The fraction of sp³-hybridized carbons (Fsp3) is 0.741. The number of amides is 3. The summed E-state index contributed by atoms with van der Waals surface area (Å²) in [6.07, 6.45) is 11.4. The van der Waals surface area contributed by atoms with Crippen LogP contribution in [0.25, 0.3) is 0 Å². The zero-order valence-electron chi connectivity index (χ0n) is 22.8. The molecule has 216 valence electrons. The Balaban J connectivity index is 0.000000183. The van der Waals surface area contributed by atoms with Crippen LogP contribution < -0.4 is 17.0 Å². The van der Waals surface area contributed by atoms with Crippen LogP contribution in [0.3, 0.4) is 0 Å². The van der Waals surface area contributed by atoms with Gasteiger partial charge in [-0.1, -0.05) is 44.9 Å². The van der Waals surface area contributed by atoms with Crippen LogP contribution in [-0.2, 0) is 16.1 Å². The lowest BCUT2D eigenvalue weighted by molar-refractivity contribution is -0.129. The highest BCUT2D eigenvalue weighted by molar-refractivity contribution is 6.04. The minimum absolute atomic E-state index is 0.0216. The van der Waals surface area contributed by atoms with Crippen LogP contribution in [0.5, 0.6) is 5.88 Å². The Morgan fingerprint density at radius 3 is 2.15 bits per heavy atom. The summed E-state index contributed by atoms with van der Waals surface area (Å²) >= 11 is 0. The third-order valence-corrected chi connectivity index (χ3v) is 8.52. The van der Waals surface area contributed by atoms with E-state index in [0.717, 1.165) is 49.9 Å². The first-order chi connectivity index (χ1) is 18.7. The molecule has 4 aliphatic rings. The number of H-pyrrole nitrogens is 1. The third-order valence-electron chi connectivity index (χ3n) is 8.52. The number of carbonyl (C=O) groups excluding carboxylic acids is 2. The number of urea groups is 1. The summed E-state index contributed by atoms with van der Waals surface area (Å²) in [4.78, 5) is 53.4. The number of nitrogens with zero attached hydrogens (tertiary/aromatic N) is 3. The van der Waals surface area contributed by atoms with E-state index in [1.807, 2.05) is 11.8 Å². The van der Waals surface area contributed by atoms with Crippen molar-refractivity contribution in [3.63, 3.8) is 0 Å². The monoisotopic (exact) mass is 546 g/mol. The summed E-state index contributed by atoms with van der Waals surface area (Å²) in [5.74, 6) is 0.301. The second-order valence-corrected chi connectivity index (χ2v) is 11.3. The van der Waals surface area contributed by atoms with Crippen molar-refractivity contribution in [1.82, 2.24) is 19.4 Å². The van der Waals surface area contributed by atoms with Gasteiger partial charge >= 0.3 is 11.7 Å². The number of aromatic amines is 1. The van der Waals surface area contributed by atoms with Gasteiger partial charge in [-0.2, -0.15) is 0 Å². The SMILES string of the molecule is CCN1C(=O)C(CC2CCCCC2)N(CC2COC2)C1=O.N=C(N)c1c(O)n(CC2CCCC2)c(=O)[nH]c1=O. The predicted octanol–water partition coefficient (Wildman–Crippen LogP) is 1.97. The van der Waals surface area contributed by atoms with Gasteiger partial charge in [0, 0.05) is 25.6 Å². The Morgan fingerprint density at radius 2 is 1.59 bits per heavy atom. The van der Waals surface area contributed by atoms with Crippen molar-refractivity contribution >= 4 is 17.8 Å². The van der Waals surface area contributed by atoms with E-state index in [9.17, 15) is 24.3 Å². The smallest absolute Gasteiger partial charge is 0.331 e. The largest absolute Gasteiger partial charge is 0.494 e. The molecule has 0 aromatic carbocycles. The zero-order chi connectivity index (χ0) is 28.1. The maximum absolute atomic E-state index is 12.6. The zero-order valence-corrected chi connectivity index (χ0v) is 22.8. The van der Waals surface area contributed by atoms with Crippen molar-refractivity contribution in [2.75, 3.05) is 26.3 Å². The Labute approximate surface area is 228 Å². The Morgan fingerprint density at radius 1 is 0.974 bits per heavy atom. The van der Waals surface area contributed by atoms with Gasteiger partial charge in [-0.25, -0.2) is 9.59 Å². The van der Waals surface area contributed by atoms with E-state index in [1.165, 1.54) is 37.0 Å². The number of nitrogen functional groups attached to an aromatic ring is 1. The van der Waals surface area contributed by atoms with Gasteiger partial charge in [-0.05, 0) is 38.0 Å². The molecule has 2 aliphatic heterocycles. The highest BCUT2D eigenvalue weighted by Gasteiger charge is 2.46. The number of likely N-dealkylation sites (N-methyl/N-ethyl adjacent to an activating group) is 1. The number of nitrogens with one attached hydrogen (secondary N) is 2. The van der Waals surface area contributed by atoms with Gasteiger partial charge in [0.15, 0.2) is 0 Å². The molecule has 3 heterocycles. The number of hydrogen-bond acceptors (Lipinski definition) is 7. The van der Waals surface area contributed by atoms with Gasteiger partial charge < -0.3 is 20.5 Å². The first-order valence-corrected chi connectivity index (χ1v) is 14.3. The van der Waals surface area contributed by atoms with Crippen molar-refractivity contribution in [2.24, 2.45) is 23.5 Å². The van der Waals surface area contributed by atoms with E-state index in [2.05, 4.69) is 4.98 Å². The first-order valence-electron chi connectivity index (χ1n) is 14.3. The molecule has 1 atom stereocenters. The van der Waals surface area contributed by atoms with Crippen LogP contribution in [-0.4, -0.2) is 74.6 Å². The average molecular weight is 547 g/mol. The quantitative estimate of drug-likeness (QED) is 0.219. The lowest BCUT2D eigenvalue weighted by Crippen LogP contribution is -2.45. The minimum Gasteiger partial charge on any atom is -0.494 e. The van der Waals surface area contributed by atoms with Crippen LogP contribution in [0.4, 0.5) is 4.79 Å². The minimum atomic E-state index is -0.826. The Bertz CT molecular complexity index is 1160. The summed E-state index contributed by atoms with van der Waals surface area (Å²) in [5, 5.41) is 17.2. The highest BCUT2D eigenvalue weighted by atomic mass is 16.5. The number of imide groups is 1. The average Bonchev–Trinajstić information content (AvgIpc) is 3.46. The molecule has 5 rings (SSSR count). The molecule has 2 saturated carbocycles. The number of rotatable bonds is 8. The molecule has 2 aliphatic carbocycles. The van der Waals surface area contributed by atoms with E-state index in [1.54, 1.807) is 0 Å². The molecule has 3 amide bonds. The summed E-state index contributed by atoms with van der Waals surface area (Å²) in [7, 11) is 0. The second-order valence-electron chi connectivity index (χ2n) is 11.3. The fourth-order valence-corrected chi connectivity index (χ4v) is 6.25. The summed E-state index contributed by atoms with van der Waals surface area (Å²) in [5.41, 5.74) is 3.41. The van der Waals surface area contributed by atoms with E-state index in [0.29, 0.717) is 37.4 Å². The molecule has 4 fully saturated rings. The number of hydrogen-bond donors (Lipinski definition) is 4. The van der Waals surface area contributed by atoms with Crippen molar-refractivity contribution < 1.29 is 19.4 Å².